The molecular weight excluding hydrogens is 262 g/mol. The molecule has 0 amide bonds. The lowest BCUT2D eigenvalue weighted by Gasteiger charge is -2.12. The zero-order valence-corrected chi connectivity index (χ0v) is 12.1. The molecule has 1 unspecified atom stereocenters. The molecule has 1 N–H and O–H groups in total. The largest absolute Gasteiger partial charge is 0.481 e. The van der Waals surface area contributed by atoms with Gasteiger partial charge in [-0.25, -0.2) is 0 Å². The number of hydrogen-bond acceptors (Lipinski definition) is 2. The third-order valence-electron chi connectivity index (χ3n) is 3.69. The molecule has 1 aromatic carbocycles. The van der Waals surface area contributed by atoms with Gasteiger partial charge in [0.05, 0.1) is 5.92 Å². The topological polar surface area (TPSA) is 50.2 Å². The average molecular weight is 283 g/mol. The van der Waals surface area contributed by atoms with Crippen LogP contribution in [0.4, 0.5) is 0 Å². The van der Waals surface area contributed by atoms with Gasteiger partial charge in [0.25, 0.3) is 0 Å². The zero-order chi connectivity index (χ0) is 14.9. The standard InChI is InChI=1S/C18H21NO2/c20-18(21)16(12-13-17-11-4-5-14-19-17)10-6-9-15-7-2-1-3-8-15/h1-5,7-8,11,14,16H,6,9-10,12-13H2,(H,20,21). The first kappa shape index (κ1) is 15.2. The lowest BCUT2D eigenvalue weighted by molar-refractivity contribution is -0.142. The van der Waals surface area contributed by atoms with Crippen molar-refractivity contribution in [1.29, 1.82) is 0 Å². The Kier molecular flexibility index (Phi) is 5.95. The summed E-state index contributed by atoms with van der Waals surface area (Å²) in [6.07, 6.45) is 5.69. The molecule has 1 aromatic heterocycles. The number of rotatable bonds is 8. The maximum atomic E-state index is 11.3. The van der Waals surface area contributed by atoms with Crippen molar-refractivity contribution < 1.29 is 9.90 Å². The number of carboxylic acid groups (broad SMARTS) is 1. The third kappa shape index (κ3) is 5.38. The number of aryl methyl sites for hydroxylation is 2. The molecular formula is C18H21NO2. The van der Waals surface area contributed by atoms with Gasteiger partial charge in [0.1, 0.15) is 0 Å². The van der Waals surface area contributed by atoms with Crippen LogP contribution in [0.25, 0.3) is 0 Å². The first-order valence-corrected chi connectivity index (χ1v) is 7.42. The molecule has 0 radical (unpaired) electrons. The normalized spacial score (nSPS) is 12.0. The summed E-state index contributed by atoms with van der Waals surface area (Å²) in [5.41, 5.74) is 2.23. The van der Waals surface area contributed by atoms with Crippen LogP contribution in [0.3, 0.4) is 0 Å². The van der Waals surface area contributed by atoms with Crippen molar-refractivity contribution >= 4 is 5.97 Å². The van der Waals surface area contributed by atoms with E-state index < -0.39 is 5.97 Å². The molecule has 0 aliphatic rings. The van der Waals surface area contributed by atoms with Gasteiger partial charge < -0.3 is 5.11 Å². The Morgan fingerprint density at radius 1 is 1.00 bits per heavy atom. The number of carboxylic acids is 1. The molecule has 0 aliphatic carbocycles. The highest BCUT2D eigenvalue weighted by molar-refractivity contribution is 5.69. The second-order valence-corrected chi connectivity index (χ2v) is 5.27. The smallest absolute Gasteiger partial charge is 0.306 e. The van der Waals surface area contributed by atoms with Gasteiger partial charge in [0.2, 0.25) is 0 Å². The second kappa shape index (κ2) is 8.20. The summed E-state index contributed by atoms with van der Waals surface area (Å²) in [5, 5.41) is 9.33. The molecule has 21 heavy (non-hydrogen) atoms. The van der Waals surface area contributed by atoms with Crippen LogP contribution < -0.4 is 0 Å². The highest BCUT2D eigenvalue weighted by Crippen LogP contribution is 2.16. The zero-order valence-electron chi connectivity index (χ0n) is 12.1. The Labute approximate surface area is 125 Å². The summed E-state index contributed by atoms with van der Waals surface area (Å²) in [6.45, 7) is 0. The molecule has 0 saturated carbocycles. The van der Waals surface area contributed by atoms with Crippen molar-refractivity contribution in [1.82, 2.24) is 4.98 Å². The molecule has 1 heterocycles. The fourth-order valence-corrected chi connectivity index (χ4v) is 2.46. The van der Waals surface area contributed by atoms with Crippen LogP contribution in [-0.2, 0) is 17.6 Å². The van der Waals surface area contributed by atoms with Gasteiger partial charge >= 0.3 is 5.97 Å². The lowest BCUT2D eigenvalue weighted by atomic mass is 9.94. The minimum atomic E-state index is -0.695. The van der Waals surface area contributed by atoms with Gasteiger partial charge in [-0.15, -0.1) is 0 Å². The Bertz CT molecular complexity index is 540. The number of nitrogens with zero attached hydrogens (tertiary/aromatic N) is 1. The molecule has 3 heteroatoms. The van der Waals surface area contributed by atoms with Gasteiger partial charge in [0.15, 0.2) is 0 Å². The SMILES string of the molecule is O=C(O)C(CCCc1ccccc1)CCc1ccccn1. The van der Waals surface area contributed by atoms with Crippen LogP contribution in [0, 0.1) is 5.92 Å². The molecule has 2 rings (SSSR count). The minimum absolute atomic E-state index is 0.282. The van der Waals surface area contributed by atoms with Crippen molar-refractivity contribution in [3.05, 3.63) is 66.0 Å². The molecule has 3 nitrogen and oxygen atoms in total. The van der Waals surface area contributed by atoms with Crippen LogP contribution in [0.2, 0.25) is 0 Å². The summed E-state index contributed by atoms with van der Waals surface area (Å²) in [7, 11) is 0. The van der Waals surface area contributed by atoms with Gasteiger partial charge in [-0.3, -0.25) is 9.78 Å². The quantitative estimate of drug-likeness (QED) is 0.803. The Morgan fingerprint density at radius 2 is 1.76 bits per heavy atom. The lowest BCUT2D eigenvalue weighted by Crippen LogP contribution is -2.15. The van der Waals surface area contributed by atoms with Crippen LogP contribution in [0.1, 0.15) is 30.5 Å². The highest BCUT2D eigenvalue weighted by atomic mass is 16.4. The fourth-order valence-electron chi connectivity index (χ4n) is 2.46. The van der Waals surface area contributed by atoms with Crippen LogP contribution in [0.5, 0.6) is 0 Å². The van der Waals surface area contributed by atoms with E-state index in [0.29, 0.717) is 6.42 Å². The van der Waals surface area contributed by atoms with Crippen LogP contribution >= 0.6 is 0 Å². The van der Waals surface area contributed by atoms with Crippen molar-refractivity contribution in [3.8, 4) is 0 Å². The van der Waals surface area contributed by atoms with Gasteiger partial charge in [-0.1, -0.05) is 36.4 Å². The molecule has 0 fully saturated rings. The van der Waals surface area contributed by atoms with Crippen molar-refractivity contribution in [3.63, 3.8) is 0 Å². The molecule has 0 bridgehead atoms. The van der Waals surface area contributed by atoms with E-state index in [2.05, 4.69) is 17.1 Å². The summed E-state index contributed by atoms with van der Waals surface area (Å²) in [5.74, 6) is -0.977. The monoisotopic (exact) mass is 283 g/mol. The Hall–Kier alpha value is -2.16. The Morgan fingerprint density at radius 3 is 2.43 bits per heavy atom. The number of aliphatic carboxylic acids is 1. The van der Waals surface area contributed by atoms with E-state index in [1.807, 2.05) is 36.4 Å². The molecule has 110 valence electrons. The van der Waals surface area contributed by atoms with E-state index in [-0.39, 0.29) is 5.92 Å². The number of benzene rings is 1. The average Bonchev–Trinajstić information content (AvgIpc) is 2.52. The first-order chi connectivity index (χ1) is 10.3. The van der Waals surface area contributed by atoms with Gasteiger partial charge in [-0.05, 0) is 49.8 Å². The molecule has 0 aliphatic heterocycles. The Balaban J connectivity index is 1.78. The minimum Gasteiger partial charge on any atom is -0.481 e. The van der Waals surface area contributed by atoms with Crippen LogP contribution in [0.15, 0.2) is 54.7 Å². The van der Waals surface area contributed by atoms with E-state index in [0.717, 1.165) is 31.4 Å². The summed E-state index contributed by atoms with van der Waals surface area (Å²) in [6, 6.07) is 16.0. The van der Waals surface area contributed by atoms with E-state index in [4.69, 9.17) is 0 Å². The number of carbonyl (C=O) groups is 1. The van der Waals surface area contributed by atoms with Gasteiger partial charge in [-0.2, -0.15) is 0 Å². The molecule has 1 atom stereocenters. The summed E-state index contributed by atoms with van der Waals surface area (Å²) >= 11 is 0. The summed E-state index contributed by atoms with van der Waals surface area (Å²) < 4.78 is 0. The van der Waals surface area contributed by atoms with Gasteiger partial charge in [0, 0.05) is 11.9 Å². The number of pyridine rings is 1. The highest BCUT2D eigenvalue weighted by Gasteiger charge is 2.17. The molecule has 2 aromatic rings. The van der Waals surface area contributed by atoms with E-state index in [1.165, 1.54) is 5.56 Å². The number of aromatic nitrogens is 1. The third-order valence-corrected chi connectivity index (χ3v) is 3.69. The first-order valence-electron chi connectivity index (χ1n) is 7.42. The predicted molar refractivity (Wildman–Crippen MR) is 83.1 cm³/mol. The summed E-state index contributed by atoms with van der Waals surface area (Å²) in [4.78, 5) is 15.6. The predicted octanol–water partition coefficient (Wildman–Crippen LogP) is 3.74. The maximum absolute atomic E-state index is 11.3. The number of hydrogen-bond donors (Lipinski definition) is 1. The second-order valence-electron chi connectivity index (χ2n) is 5.27. The van der Waals surface area contributed by atoms with E-state index in [1.54, 1.807) is 6.20 Å². The van der Waals surface area contributed by atoms with E-state index >= 15 is 0 Å². The van der Waals surface area contributed by atoms with E-state index in [9.17, 15) is 9.90 Å². The molecule has 0 saturated heterocycles. The van der Waals surface area contributed by atoms with Crippen molar-refractivity contribution in [2.24, 2.45) is 5.92 Å². The van der Waals surface area contributed by atoms with Crippen molar-refractivity contribution in [2.45, 2.75) is 32.1 Å². The molecule has 0 spiro atoms. The fraction of sp³-hybridized carbons (Fsp3) is 0.333. The van der Waals surface area contributed by atoms with Crippen molar-refractivity contribution in [2.75, 3.05) is 0 Å². The van der Waals surface area contributed by atoms with Crippen LogP contribution in [-0.4, -0.2) is 16.1 Å². The maximum Gasteiger partial charge on any atom is 0.306 e.